The van der Waals surface area contributed by atoms with E-state index in [2.05, 4.69) is 5.32 Å². The van der Waals surface area contributed by atoms with Crippen molar-refractivity contribution in [2.75, 3.05) is 0 Å². The number of carbonyl (C=O) groups excluding carboxylic acids is 1. The second-order valence-corrected chi connectivity index (χ2v) is 3.70. The van der Waals surface area contributed by atoms with E-state index in [1.54, 1.807) is 0 Å². The van der Waals surface area contributed by atoms with Crippen LogP contribution in [0.2, 0.25) is 0 Å². The largest absolute Gasteiger partial charge is 0.352 e. The Morgan fingerprint density at radius 3 is 2.50 bits per heavy atom. The Labute approximate surface area is 73.7 Å². The van der Waals surface area contributed by atoms with E-state index in [9.17, 15) is 4.79 Å². The molecular weight excluding hydrogens is 152 g/mol. The lowest BCUT2D eigenvalue weighted by Crippen LogP contribution is -2.41. The molecule has 1 unspecified atom stereocenters. The Morgan fingerprint density at radius 1 is 1.42 bits per heavy atom. The lowest BCUT2D eigenvalue weighted by atomic mass is 9.85. The van der Waals surface area contributed by atoms with Crippen LogP contribution in [-0.2, 0) is 0 Å². The van der Waals surface area contributed by atoms with Crippen LogP contribution >= 0.6 is 0 Å². The molecule has 0 aliphatic heterocycles. The average molecular weight is 170 g/mol. The van der Waals surface area contributed by atoms with E-state index in [0.29, 0.717) is 5.92 Å². The van der Waals surface area contributed by atoms with Crippen LogP contribution in [0.25, 0.3) is 0 Å². The summed E-state index contributed by atoms with van der Waals surface area (Å²) in [6.07, 6.45) is 6.42. The second kappa shape index (κ2) is 4.33. The third-order valence-electron chi connectivity index (χ3n) is 2.73. The monoisotopic (exact) mass is 170 g/mol. The van der Waals surface area contributed by atoms with E-state index in [1.165, 1.54) is 32.1 Å². The first-order valence-electron chi connectivity index (χ1n) is 4.76. The van der Waals surface area contributed by atoms with Gasteiger partial charge in [-0.05, 0) is 25.7 Å². The number of amides is 2. The molecule has 0 radical (unpaired) electrons. The summed E-state index contributed by atoms with van der Waals surface area (Å²) < 4.78 is 0. The molecule has 70 valence electrons. The molecule has 2 amide bonds. The van der Waals surface area contributed by atoms with Gasteiger partial charge in [0.25, 0.3) is 0 Å². The van der Waals surface area contributed by atoms with Crippen LogP contribution in [0.15, 0.2) is 0 Å². The summed E-state index contributed by atoms with van der Waals surface area (Å²) in [4.78, 5) is 10.6. The van der Waals surface area contributed by atoms with Gasteiger partial charge in [0.05, 0.1) is 0 Å². The van der Waals surface area contributed by atoms with Crippen molar-refractivity contribution in [2.45, 2.75) is 45.1 Å². The Kier molecular flexibility index (Phi) is 3.38. The summed E-state index contributed by atoms with van der Waals surface area (Å²) in [7, 11) is 0. The molecule has 1 aliphatic rings. The first-order valence-corrected chi connectivity index (χ1v) is 4.76. The molecule has 3 N–H and O–H groups in total. The molecule has 0 bridgehead atoms. The molecule has 1 saturated carbocycles. The molecule has 1 fully saturated rings. The third-order valence-corrected chi connectivity index (χ3v) is 2.73. The quantitative estimate of drug-likeness (QED) is 0.650. The normalized spacial score (nSPS) is 21.8. The van der Waals surface area contributed by atoms with Gasteiger partial charge in [-0.2, -0.15) is 0 Å². The van der Waals surface area contributed by atoms with Crippen LogP contribution in [0.3, 0.4) is 0 Å². The summed E-state index contributed by atoms with van der Waals surface area (Å²) >= 11 is 0. The van der Waals surface area contributed by atoms with Crippen LogP contribution in [0.1, 0.15) is 39.0 Å². The van der Waals surface area contributed by atoms with E-state index in [4.69, 9.17) is 5.73 Å². The third kappa shape index (κ3) is 2.72. The Morgan fingerprint density at radius 2 is 2.00 bits per heavy atom. The maximum absolute atomic E-state index is 10.6. The van der Waals surface area contributed by atoms with E-state index in [-0.39, 0.29) is 6.04 Å². The van der Waals surface area contributed by atoms with Gasteiger partial charge in [-0.1, -0.05) is 19.3 Å². The predicted octanol–water partition coefficient (Wildman–Crippen LogP) is 1.62. The molecule has 1 atom stereocenters. The number of rotatable bonds is 2. The molecule has 0 aromatic carbocycles. The number of nitrogens with one attached hydrogen (secondary N) is 1. The van der Waals surface area contributed by atoms with Crippen molar-refractivity contribution in [2.24, 2.45) is 11.7 Å². The zero-order valence-electron chi connectivity index (χ0n) is 7.68. The van der Waals surface area contributed by atoms with Gasteiger partial charge in [0.1, 0.15) is 0 Å². The van der Waals surface area contributed by atoms with Gasteiger partial charge in [0.15, 0.2) is 0 Å². The summed E-state index contributed by atoms with van der Waals surface area (Å²) in [6.45, 7) is 2.04. The van der Waals surface area contributed by atoms with Gasteiger partial charge in [-0.3, -0.25) is 0 Å². The summed E-state index contributed by atoms with van der Waals surface area (Å²) in [6, 6.07) is -0.143. The lowest BCUT2D eigenvalue weighted by molar-refractivity contribution is 0.232. The molecule has 12 heavy (non-hydrogen) atoms. The molecule has 1 rings (SSSR count). The van der Waals surface area contributed by atoms with Gasteiger partial charge in [0, 0.05) is 6.04 Å². The lowest BCUT2D eigenvalue weighted by Gasteiger charge is -2.27. The maximum atomic E-state index is 10.6. The number of nitrogens with two attached hydrogens (primary N) is 1. The van der Waals surface area contributed by atoms with Crippen molar-refractivity contribution in [3.63, 3.8) is 0 Å². The highest BCUT2D eigenvalue weighted by atomic mass is 16.2. The summed E-state index contributed by atoms with van der Waals surface area (Å²) in [5, 5.41) is 2.75. The molecule has 3 heteroatoms. The first kappa shape index (κ1) is 9.36. The fraction of sp³-hybridized carbons (Fsp3) is 0.889. The van der Waals surface area contributed by atoms with Gasteiger partial charge < -0.3 is 11.1 Å². The van der Waals surface area contributed by atoms with Gasteiger partial charge in [0.2, 0.25) is 0 Å². The standard InChI is InChI=1S/C9H18N2O/c1-7(11-9(10)12)8-5-3-2-4-6-8/h7-8H,2-6H2,1H3,(H3,10,11,12). The number of urea groups is 1. The van der Waals surface area contributed by atoms with Crippen LogP contribution in [0, 0.1) is 5.92 Å². The molecule has 3 nitrogen and oxygen atoms in total. The van der Waals surface area contributed by atoms with Crippen LogP contribution in [0.4, 0.5) is 4.79 Å². The number of carbonyl (C=O) groups is 1. The number of hydrogen-bond donors (Lipinski definition) is 2. The van der Waals surface area contributed by atoms with E-state index >= 15 is 0 Å². The summed E-state index contributed by atoms with van der Waals surface area (Å²) in [5.74, 6) is 0.645. The molecule has 0 saturated heterocycles. The van der Waals surface area contributed by atoms with Crippen molar-refractivity contribution >= 4 is 6.03 Å². The van der Waals surface area contributed by atoms with E-state index in [1.807, 2.05) is 6.92 Å². The molecule has 0 spiro atoms. The Balaban J connectivity index is 2.29. The SMILES string of the molecule is CC(NC(N)=O)C1CCCCC1. The molecule has 0 aromatic heterocycles. The van der Waals surface area contributed by atoms with Crippen molar-refractivity contribution in [1.82, 2.24) is 5.32 Å². The van der Waals surface area contributed by atoms with Crippen LogP contribution in [-0.4, -0.2) is 12.1 Å². The van der Waals surface area contributed by atoms with Crippen molar-refractivity contribution < 1.29 is 4.79 Å². The van der Waals surface area contributed by atoms with E-state index in [0.717, 1.165) is 0 Å². The van der Waals surface area contributed by atoms with Gasteiger partial charge >= 0.3 is 6.03 Å². The van der Waals surface area contributed by atoms with Gasteiger partial charge in [-0.15, -0.1) is 0 Å². The summed E-state index contributed by atoms with van der Waals surface area (Å²) in [5.41, 5.74) is 5.05. The molecule has 0 aromatic rings. The first-order chi connectivity index (χ1) is 5.70. The zero-order valence-corrected chi connectivity index (χ0v) is 7.68. The number of hydrogen-bond acceptors (Lipinski definition) is 1. The topological polar surface area (TPSA) is 55.1 Å². The minimum atomic E-state index is -0.395. The minimum Gasteiger partial charge on any atom is -0.352 e. The van der Waals surface area contributed by atoms with Crippen molar-refractivity contribution in [1.29, 1.82) is 0 Å². The fourth-order valence-corrected chi connectivity index (χ4v) is 1.98. The smallest absolute Gasteiger partial charge is 0.312 e. The predicted molar refractivity (Wildman–Crippen MR) is 48.8 cm³/mol. The average Bonchev–Trinajstić information content (AvgIpc) is 2.05. The molecule has 1 aliphatic carbocycles. The van der Waals surface area contributed by atoms with E-state index < -0.39 is 6.03 Å². The minimum absolute atomic E-state index is 0.253. The second-order valence-electron chi connectivity index (χ2n) is 3.70. The Hall–Kier alpha value is -0.730. The number of primary amides is 1. The van der Waals surface area contributed by atoms with Gasteiger partial charge in [-0.25, -0.2) is 4.79 Å². The highest BCUT2D eigenvalue weighted by Gasteiger charge is 2.20. The van der Waals surface area contributed by atoms with Crippen molar-refractivity contribution in [3.05, 3.63) is 0 Å². The molecular formula is C9H18N2O. The van der Waals surface area contributed by atoms with Crippen LogP contribution < -0.4 is 11.1 Å². The zero-order chi connectivity index (χ0) is 8.97. The van der Waals surface area contributed by atoms with Crippen LogP contribution in [0.5, 0.6) is 0 Å². The maximum Gasteiger partial charge on any atom is 0.312 e. The highest BCUT2D eigenvalue weighted by Crippen LogP contribution is 2.26. The Bertz CT molecular complexity index is 153. The van der Waals surface area contributed by atoms with Crippen molar-refractivity contribution in [3.8, 4) is 0 Å². The highest BCUT2D eigenvalue weighted by molar-refractivity contribution is 5.71. The fourth-order valence-electron chi connectivity index (χ4n) is 1.98. The molecule has 0 heterocycles.